The molecule has 0 amide bonds. The van der Waals surface area contributed by atoms with E-state index in [4.69, 9.17) is 9.47 Å². The van der Waals surface area contributed by atoms with Gasteiger partial charge in [0.05, 0.1) is 5.56 Å². The number of alkyl halides is 3. The van der Waals surface area contributed by atoms with Crippen LogP contribution in [0.15, 0.2) is 35.2 Å². The summed E-state index contributed by atoms with van der Waals surface area (Å²) in [6, 6.07) is 4.83. The zero-order chi connectivity index (χ0) is 17.3. The van der Waals surface area contributed by atoms with Gasteiger partial charge in [0.15, 0.2) is 5.57 Å². The Morgan fingerprint density at radius 2 is 1.78 bits per heavy atom. The van der Waals surface area contributed by atoms with E-state index < -0.39 is 29.5 Å². The highest BCUT2D eigenvalue weighted by atomic mass is 32.2. The molecule has 0 aromatic heterocycles. The van der Waals surface area contributed by atoms with Gasteiger partial charge in [0, 0.05) is 19.6 Å². The van der Waals surface area contributed by atoms with Crippen LogP contribution in [0.4, 0.5) is 13.2 Å². The van der Waals surface area contributed by atoms with Crippen LogP contribution in [0.25, 0.3) is 0 Å². The SMILES string of the molecule is CC1(C)OC(=O)C(=CSCc2cccc(C(F)(F)F)c2)C(=O)O1. The molecule has 8 heteroatoms. The minimum Gasteiger partial charge on any atom is -0.419 e. The van der Waals surface area contributed by atoms with Gasteiger partial charge >= 0.3 is 18.1 Å². The molecule has 23 heavy (non-hydrogen) atoms. The number of rotatable bonds is 3. The topological polar surface area (TPSA) is 52.6 Å². The summed E-state index contributed by atoms with van der Waals surface area (Å²) in [6.07, 6.45) is -4.41. The predicted molar refractivity (Wildman–Crippen MR) is 77.1 cm³/mol. The summed E-state index contributed by atoms with van der Waals surface area (Å²) in [5, 5.41) is 1.24. The van der Waals surface area contributed by atoms with Gasteiger partial charge in [-0.05, 0) is 17.0 Å². The van der Waals surface area contributed by atoms with Gasteiger partial charge in [-0.25, -0.2) is 9.59 Å². The highest BCUT2D eigenvalue weighted by molar-refractivity contribution is 8.01. The van der Waals surface area contributed by atoms with Crippen molar-refractivity contribution in [3.05, 3.63) is 46.4 Å². The number of hydrogen-bond acceptors (Lipinski definition) is 5. The van der Waals surface area contributed by atoms with Crippen LogP contribution in [0.3, 0.4) is 0 Å². The summed E-state index contributed by atoms with van der Waals surface area (Å²) in [5.41, 5.74) is -0.609. The molecule has 1 aromatic carbocycles. The summed E-state index contributed by atoms with van der Waals surface area (Å²) < 4.78 is 47.7. The third kappa shape index (κ3) is 4.51. The highest BCUT2D eigenvalue weighted by Gasteiger charge is 2.38. The number of benzene rings is 1. The molecule has 1 saturated heterocycles. The summed E-state index contributed by atoms with van der Waals surface area (Å²) >= 11 is 1.01. The lowest BCUT2D eigenvalue weighted by Gasteiger charge is -2.29. The van der Waals surface area contributed by atoms with Crippen molar-refractivity contribution >= 4 is 23.7 Å². The van der Waals surface area contributed by atoms with Crippen LogP contribution >= 0.6 is 11.8 Å². The van der Waals surface area contributed by atoms with Crippen LogP contribution in [0.2, 0.25) is 0 Å². The average Bonchev–Trinajstić information content (AvgIpc) is 2.40. The van der Waals surface area contributed by atoms with Gasteiger partial charge in [0.2, 0.25) is 0 Å². The second-order valence-corrected chi connectivity index (χ2v) is 6.08. The predicted octanol–water partition coefficient (Wildman–Crippen LogP) is 3.66. The van der Waals surface area contributed by atoms with E-state index in [0.29, 0.717) is 5.56 Å². The molecular weight excluding hydrogens is 333 g/mol. The number of hydrogen-bond donors (Lipinski definition) is 0. The number of halogens is 3. The Kier molecular flexibility index (Phi) is 4.74. The molecule has 0 atom stereocenters. The van der Waals surface area contributed by atoms with Crippen molar-refractivity contribution < 1.29 is 32.2 Å². The Balaban J connectivity index is 2.05. The number of esters is 2. The molecule has 4 nitrogen and oxygen atoms in total. The summed E-state index contributed by atoms with van der Waals surface area (Å²) in [7, 11) is 0. The highest BCUT2D eigenvalue weighted by Crippen LogP contribution is 2.31. The van der Waals surface area contributed by atoms with Gasteiger partial charge in [0.1, 0.15) is 0 Å². The summed E-state index contributed by atoms with van der Waals surface area (Å²) in [4.78, 5) is 23.4. The van der Waals surface area contributed by atoms with Gasteiger partial charge < -0.3 is 9.47 Å². The lowest BCUT2D eigenvalue weighted by Crippen LogP contribution is -2.41. The molecule has 124 valence electrons. The maximum Gasteiger partial charge on any atom is 0.416 e. The third-order valence-corrected chi connectivity index (χ3v) is 3.72. The normalized spacial score (nSPS) is 17.5. The first-order valence-electron chi connectivity index (χ1n) is 6.53. The molecular formula is C15H13F3O4S. The molecule has 0 N–H and O–H groups in total. The number of cyclic esters (lactones) is 2. The van der Waals surface area contributed by atoms with E-state index >= 15 is 0 Å². The van der Waals surface area contributed by atoms with E-state index in [0.717, 1.165) is 23.9 Å². The smallest absolute Gasteiger partial charge is 0.416 e. The monoisotopic (exact) mass is 346 g/mol. The van der Waals surface area contributed by atoms with Crippen molar-refractivity contribution in [2.45, 2.75) is 31.6 Å². The molecule has 1 fully saturated rings. The van der Waals surface area contributed by atoms with E-state index in [1.165, 1.54) is 31.4 Å². The molecule has 0 spiro atoms. The molecule has 0 radical (unpaired) electrons. The van der Waals surface area contributed by atoms with Crippen LogP contribution < -0.4 is 0 Å². The Hall–Kier alpha value is -1.96. The van der Waals surface area contributed by atoms with E-state index in [1.54, 1.807) is 0 Å². The number of carbonyl (C=O) groups is 2. The maximum atomic E-state index is 12.6. The van der Waals surface area contributed by atoms with Crippen molar-refractivity contribution in [3.8, 4) is 0 Å². The number of carbonyl (C=O) groups excluding carboxylic acids is 2. The van der Waals surface area contributed by atoms with Crippen LogP contribution in [-0.4, -0.2) is 17.7 Å². The first kappa shape index (κ1) is 17.4. The molecule has 2 rings (SSSR count). The first-order chi connectivity index (χ1) is 10.6. The van der Waals surface area contributed by atoms with Crippen LogP contribution in [0.1, 0.15) is 25.0 Å². The van der Waals surface area contributed by atoms with Crippen LogP contribution in [-0.2, 0) is 31.0 Å². The summed E-state index contributed by atoms with van der Waals surface area (Å²) in [5.74, 6) is -2.79. The molecule has 1 aliphatic rings. The zero-order valence-corrected chi connectivity index (χ0v) is 13.1. The van der Waals surface area contributed by atoms with Crippen LogP contribution in [0.5, 0.6) is 0 Å². The lowest BCUT2D eigenvalue weighted by atomic mass is 10.1. The second-order valence-electron chi connectivity index (χ2n) is 5.22. The average molecular weight is 346 g/mol. The Morgan fingerprint density at radius 1 is 1.17 bits per heavy atom. The Bertz CT molecular complexity index is 643. The Labute approximate surface area is 134 Å². The quantitative estimate of drug-likeness (QED) is 0.475. The molecule has 1 aliphatic heterocycles. The molecule has 0 saturated carbocycles. The fourth-order valence-corrected chi connectivity index (χ4v) is 2.63. The van der Waals surface area contributed by atoms with Gasteiger partial charge in [-0.3, -0.25) is 0 Å². The summed E-state index contributed by atoms with van der Waals surface area (Å²) in [6.45, 7) is 2.85. The molecule has 0 aliphatic carbocycles. The van der Waals surface area contributed by atoms with E-state index in [1.807, 2.05) is 0 Å². The fraction of sp³-hybridized carbons (Fsp3) is 0.333. The largest absolute Gasteiger partial charge is 0.419 e. The van der Waals surface area contributed by atoms with Crippen molar-refractivity contribution in [2.75, 3.05) is 0 Å². The minimum absolute atomic E-state index is 0.164. The van der Waals surface area contributed by atoms with Crippen molar-refractivity contribution in [2.24, 2.45) is 0 Å². The van der Waals surface area contributed by atoms with Crippen molar-refractivity contribution in [1.29, 1.82) is 0 Å². The first-order valence-corrected chi connectivity index (χ1v) is 7.58. The number of ether oxygens (including phenoxy) is 2. The van der Waals surface area contributed by atoms with Gasteiger partial charge in [-0.2, -0.15) is 13.2 Å². The van der Waals surface area contributed by atoms with Crippen molar-refractivity contribution in [1.82, 2.24) is 0 Å². The van der Waals surface area contributed by atoms with Crippen LogP contribution in [0, 0.1) is 0 Å². The van der Waals surface area contributed by atoms with Gasteiger partial charge in [0.25, 0.3) is 5.79 Å². The van der Waals surface area contributed by atoms with Gasteiger partial charge in [-0.15, -0.1) is 11.8 Å². The molecule has 0 unspecified atom stereocenters. The zero-order valence-electron chi connectivity index (χ0n) is 12.3. The standard InChI is InChI=1S/C15H13F3O4S/c1-14(2)21-12(19)11(13(20)22-14)8-23-7-9-4-3-5-10(6-9)15(16,17)18/h3-6,8H,7H2,1-2H3. The molecule has 1 heterocycles. The second kappa shape index (κ2) is 6.27. The third-order valence-electron chi connectivity index (χ3n) is 2.82. The number of thioether (sulfide) groups is 1. The minimum atomic E-state index is -4.41. The lowest BCUT2D eigenvalue weighted by molar-refractivity contribution is -0.222. The van der Waals surface area contributed by atoms with Gasteiger partial charge in [-0.1, -0.05) is 18.2 Å². The van der Waals surface area contributed by atoms with E-state index in [-0.39, 0.29) is 11.3 Å². The van der Waals surface area contributed by atoms with E-state index in [9.17, 15) is 22.8 Å². The fourth-order valence-electron chi connectivity index (χ4n) is 1.82. The van der Waals surface area contributed by atoms with E-state index in [2.05, 4.69) is 0 Å². The molecule has 0 bridgehead atoms. The molecule has 1 aromatic rings. The van der Waals surface area contributed by atoms with Crippen molar-refractivity contribution in [3.63, 3.8) is 0 Å². The Morgan fingerprint density at radius 3 is 2.35 bits per heavy atom. The maximum absolute atomic E-state index is 12.6.